The Bertz CT molecular complexity index is 247. The summed E-state index contributed by atoms with van der Waals surface area (Å²) in [7, 11) is 0. The molecule has 1 rings (SSSR count). The first kappa shape index (κ1) is 15.5. The van der Waals surface area contributed by atoms with E-state index in [0.29, 0.717) is 18.4 Å². The van der Waals surface area contributed by atoms with Crippen LogP contribution in [0, 0.1) is 17.8 Å². The van der Waals surface area contributed by atoms with E-state index in [1.807, 2.05) is 0 Å². The first-order chi connectivity index (χ1) is 8.56. The van der Waals surface area contributed by atoms with E-state index in [9.17, 15) is 9.90 Å². The van der Waals surface area contributed by atoms with Crippen molar-refractivity contribution in [1.29, 1.82) is 0 Å². The molecule has 0 aromatic heterocycles. The van der Waals surface area contributed by atoms with E-state index in [1.54, 1.807) is 0 Å². The standard InChI is InChI=1S/C15H29NO2/c1-4-7-13(11(2)3)15(18)16-10-14(17)12-8-5-6-9-12/h11-14,17H,4-10H2,1-3H3,(H,16,18). The van der Waals surface area contributed by atoms with Crippen LogP contribution in [0.4, 0.5) is 0 Å². The van der Waals surface area contributed by atoms with E-state index in [4.69, 9.17) is 0 Å². The highest BCUT2D eigenvalue weighted by Gasteiger charge is 2.25. The van der Waals surface area contributed by atoms with Crippen molar-refractivity contribution in [2.45, 2.75) is 65.4 Å². The Morgan fingerprint density at radius 2 is 1.94 bits per heavy atom. The van der Waals surface area contributed by atoms with Crippen molar-refractivity contribution < 1.29 is 9.90 Å². The van der Waals surface area contributed by atoms with Crippen LogP contribution < -0.4 is 5.32 Å². The summed E-state index contributed by atoms with van der Waals surface area (Å²) in [5.41, 5.74) is 0. The summed E-state index contributed by atoms with van der Waals surface area (Å²) in [4.78, 5) is 12.1. The molecule has 18 heavy (non-hydrogen) atoms. The Labute approximate surface area is 111 Å². The van der Waals surface area contributed by atoms with Gasteiger partial charge in [-0.05, 0) is 31.1 Å². The molecular formula is C15H29NO2. The fourth-order valence-electron chi connectivity index (χ4n) is 2.92. The van der Waals surface area contributed by atoms with Crippen molar-refractivity contribution in [3.8, 4) is 0 Å². The Morgan fingerprint density at radius 3 is 2.44 bits per heavy atom. The Morgan fingerprint density at radius 1 is 1.33 bits per heavy atom. The number of nitrogens with one attached hydrogen (secondary N) is 1. The van der Waals surface area contributed by atoms with Crippen LogP contribution in [0.15, 0.2) is 0 Å². The highest BCUT2D eigenvalue weighted by molar-refractivity contribution is 5.78. The molecule has 2 atom stereocenters. The number of carbonyl (C=O) groups excluding carboxylic acids is 1. The molecule has 3 nitrogen and oxygen atoms in total. The first-order valence-corrected chi connectivity index (χ1v) is 7.52. The Kier molecular flexibility index (Phi) is 6.69. The second-order valence-electron chi connectivity index (χ2n) is 6.00. The van der Waals surface area contributed by atoms with Gasteiger partial charge in [0.15, 0.2) is 0 Å². The third-order valence-electron chi connectivity index (χ3n) is 4.17. The minimum Gasteiger partial charge on any atom is -0.391 e. The van der Waals surface area contributed by atoms with Crippen LogP contribution in [0.2, 0.25) is 0 Å². The summed E-state index contributed by atoms with van der Waals surface area (Å²) < 4.78 is 0. The zero-order chi connectivity index (χ0) is 13.5. The smallest absolute Gasteiger partial charge is 0.223 e. The van der Waals surface area contributed by atoms with Crippen LogP contribution >= 0.6 is 0 Å². The van der Waals surface area contributed by atoms with Gasteiger partial charge in [-0.2, -0.15) is 0 Å². The lowest BCUT2D eigenvalue weighted by atomic mass is 9.90. The molecule has 1 fully saturated rings. The zero-order valence-electron chi connectivity index (χ0n) is 12.1. The second-order valence-corrected chi connectivity index (χ2v) is 6.00. The monoisotopic (exact) mass is 255 g/mol. The molecule has 0 bridgehead atoms. The van der Waals surface area contributed by atoms with Gasteiger partial charge in [0.1, 0.15) is 0 Å². The molecule has 0 aromatic carbocycles. The van der Waals surface area contributed by atoms with Gasteiger partial charge < -0.3 is 10.4 Å². The summed E-state index contributed by atoms with van der Waals surface area (Å²) in [6, 6.07) is 0. The van der Waals surface area contributed by atoms with E-state index >= 15 is 0 Å². The number of aliphatic hydroxyl groups is 1. The summed E-state index contributed by atoms with van der Waals surface area (Å²) in [6.07, 6.45) is 6.27. The van der Waals surface area contributed by atoms with Gasteiger partial charge in [0, 0.05) is 12.5 Å². The van der Waals surface area contributed by atoms with Gasteiger partial charge in [0.25, 0.3) is 0 Å². The number of rotatable bonds is 7. The fourth-order valence-corrected chi connectivity index (χ4v) is 2.92. The van der Waals surface area contributed by atoms with Gasteiger partial charge in [0.2, 0.25) is 5.91 Å². The van der Waals surface area contributed by atoms with Crippen molar-refractivity contribution in [2.24, 2.45) is 17.8 Å². The SMILES string of the molecule is CCCC(C(=O)NCC(O)C1CCCC1)C(C)C. The summed E-state index contributed by atoms with van der Waals surface area (Å²) in [5, 5.41) is 13.0. The minimum absolute atomic E-state index is 0.0887. The average molecular weight is 255 g/mol. The molecule has 0 aliphatic heterocycles. The lowest BCUT2D eigenvalue weighted by Gasteiger charge is -2.22. The van der Waals surface area contributed by atoms with Crippen LogP contribution in [0.3, 0.4) is 0 Å². The van der Waals surface area contributed by atoms with Gasteiger partial charge in [-0.1, -0.05) is 40.0 Å². The van der Waals surface area contributed by atoms with Crippen LogP contribution in [-0.4, -0.2) is 23.7 Å². The van der Waals surface area contributed by atoms with Gasteiger partial charge in [0.05, 0.1) is 6.10 Å². The minimum atomic E-state index is -0.356. The predicted octanol–water partition coefficient (Wildman–Crippen LogP) is 2.73. The van der Waals surface area contributed by atoms with E-state index in [2.05, 4.69) is 26.1 Å². The largest absolute Gasteiger partial charge is 0.391 e. The van der Waals surface area contributed by atoms with Crippen LogP contribution in [0.1, 0.15) is 59.3 Å². The topological polar surface area (TPSA) is 49.3 Å². The normalized spacial score (nSPS) is 20.1. The lowest BCUT2D eigenvalue weighted by molar-refractivity contribution is -0.127. The number of carbonyl (C=O) groups is 1. The summed E-state index contributed by atoms with van der Waals surface area (Å²) in [6.45, 7) is 6.72. The molecule has 0 radical (unpaired) electrons. The highest BCUT2D eigenvalue weighted by atomic mass is 16.3. The molecule has 2 N–H and O–H groups in total. The molecule has 1 aliphatic carbocycles. The van der Waals surface area contributed by atoms with E-state index < -0.39 is 0 Å². The number of hydrogen-bond acceptors (Lipinski definition) is 2. The molecule has 0 heterocycles. The molecule has 1 saturated carbocycles. The maximum Gasteiger partial charge on any atom is 0.223 e. The molecule has 3 heteroatoms. The van der Waals surface area contributed by atoms with E-state index in [1.165, 1.54) is 12.8 Å². The lowest BCUT2D eigenvalue weighted by Crippen LogP contribution is -2.40. The quantitative estimate of drug-likeness (QED) is 0.735. The second kappa shape index (κ2) is 7.78. The van der Waals surface area contributed by atoms with Crippen LogP contribution in [0.5, 0.6) is 0 Å². The molecule has 1 aliphatic rings. The van der Waals surface area contributed by atoms with E-state index in [-0.39, 0.29) is 17.9 Å². The maximum absolute atomic E-state index is 12.1. The molecular weight excluding hydrogens is 226 g/mol. The van der Waals surface area contributed by atoms with Crippen LogP contribution in [0.25, 0.3) is 0 Å². The van der Waals surface area contributed by atoms with Gasteiger partial charge in [-0.15, -0.1) is 0 Å². The van der Waals surface area contributed by atoms with Crippen LogP contribution in [-0.2, 0) is 4.79 Å². The molecule has 2 unspecified atom stereocenters. The molecule has 106 valence electrons. The molecule has 1 amide bonds. The zero-order valence-corrected chi connectivity index (χ0v) is 12.1. The van der Waals surface area contributed by atoms with Gasteiger partial charge in [-0.25, -0.2) is 0 Å². The predicted molar refractivity (Wildman–Crippen MR) is 74.2 cm³/mol. The van der Waals surface area contributed by atoms with Crippen molar-refractivity contribution in [1.82, 2.24) is 5.32 Å². The molecule has 0 saturated heterocycles. The molecule has 0 spiro atoms. The third-order valence-corrected chi connectivity index (χ3v) is 4.17. The third kappa shape index (κ3) is 4.60. The van der Waals surface area contributed by atoms with Gasteiger partial charge in [-0.3, -0.25) is 4.79 Å². The van der Waals surface area contributed by atoms with Crippen molar-refractivity contribution in [3.05, 3.63) is 0 Å². The van der Waals surface area contributed by atoms with Gasteiger partial charge >= 0.3 is 0 Å². The number of hydrogen-bond donors (Lipinski definition) is 2. The number of aliphatic hydroxyl groups excluding tert-OH is 1. The fraction of sp³-hybridized carbons (Fsp3) is 0.933. The highest BCUT2D eigenvalue weighted by Crippen LogP contribution is 2.27. The molecule has 0 aromatic rings. The maximum atomic E-state index is 12.1. The van der Waals surface area contributed by atoms with E-state index in [0.717, 1.165) is 25.7 Å². The summed E-state index contributed by atoms with van der Waals surface area (Å²) in [5.74, 6) is 0.970. The van der Waals surface area contributed by atoms with Crippen molar-refractivity contribution >= 4 is 5.91 Å². The number of amides is 1. The summed E-state index contributed by atoms with van der Waals surface area (Å²) >= 11 is 0. The average Bonchev–Trinajstić information content (AvgIpc) is 2.85. The Hall–Kier alpha value is -0.570. The Balaban J connectivity index is 2.33. The van der Waals surface area contributed by atoms with Crippen molar-refractivity contribution in [3.63, 3.8) is 0 Å². The van der Waals surface area contributed by atoms with Crippen molar-refractivity contribution in [2.75, 3.05) is 6.54 Å². The first-order valence-electron chi connectivity index (χ1n) is 7.52.